The molecule has 0 atom stereocenters. The molecular formula is C15H17Cl2N3O2. The standard InChI is InChI=1S/C15H17Cl2N3O2/c1-4-20-8-12(17)13(18-20)9-19(2)15(21)11-7-10(16)5-6-14(11)22-3/h5-8H,4,9H2,1-3H3. The molecule has 5 nitrogen and oxygen atoms in total. The van der Waals surface area contributed by atoms with Gasteiger partial charge in [0.15, 0.2) is 0 Å². The molecule has 0 fully saturated rings. The van der Waals surface area contributed by atoms with Crippen LogP contribution in [0, 0.1) is 0 Å². The van der Waals surface area contributed by atoms with E-state index in [0.29, 0.717) is 33.6 Å². The third kappa shape index (κ3) is 3.54. The highest BCUT2D eigenvalue weighted by molar-refractivity contribution is 6.31. The van der Waals surface area contributed by atoms with Crippen LogP contribution in [0.1, 0.15) is 23.0 Å². The van der Waals surface area contributed by atoms with Crippen molar-refractivity contribution in [1.82, 2.24) is 14.7 Å². The average molecular weight is 342 g/mol. The van der Waals surface area contributed by atoms with Crippen molar-refractivity contribution < 1.29 is 9.53 Å². The molecule has 1 aromatic heterocycles. The van der Waals surface area contributed by atoms with Crippen LogP contribution < -0.4 is 4.74 Å². The van der Waals surface area contributed by atoms with E-state index < -0.39 is 0 Å². The Labute approximate surface area is 139 Å². The lowest BCUT2D eigenvalue weighted by Gasteiger charge is -2.18. The second kappa shape index (κ2) is 7.03. The van der Waals surface area contributed by atoms with Gasteiger partial charge in [0.1, 0.15) is 11.4 Å². The van der Waals surface area contributed by atoms with Crippen molar-refractivity contribution in [3.8, 4) is 5.75 Å². The van der Waals surface area contributed by atoms with Crippen molar-refractivity contribution >= 4 is 29.1 Å². The van der Waals surface area contributed by atoms with E-state index in [1.165, 1.54) is 12.0 Å². The van der Waals surface area contributed by atoms with Crippen LogP contribution in [0.4, 0.5) is 0 Å². The number of amides is 1. The predicted octanol–water partition coefficient (Wildman–Crippen LogP) is 3.49. The molecule has 118 valence electrons. The van der Waals surface area contributed by atoms with Crippen molar-refractivity contribution in [2.24, 2.45) is 0 Å². The molecule has 2 aromatic rings. The normalized spacial score (nSPS) is 10.6. The molecule has 1 amide bonds. The van der Waals surface area contributed by atoms with E-state index in [9.17, 15) is 4.79 Å². The van der Waals surface area contributed by atoms with Crippen molar-refractivity contribution in [2.45, 2.75) is 20.0 Å². The summed E-state index contributed by atoms with van der Waals surface area (Å²) in [6.07, 6.45) is 1.75. The number of methoxy groups -OCH3 is 1. The Morgan fingerprint density at radius 2 is 2.14 bits per heavy atom. The summed E-state index contributed by atoms with van der Waals surface area (Å²) >= 11 is 12.1. The molecule has 0 bridgehead atoms. The van der Waals surface area contributed by atoms with Crippen molar-refractivity contribution in [3.63, 3.8) is 0 Å². The van der Waals surface area contributed by atoms with Gasteiger partial charge in [0.05, 0.1) is 24.2 Å². The van der Waals surface area contributed by atoms with Crippen LogP contribution in [-0.2, 0) is 13.1 Å². The Hall–Kier alpha value is -1.72. The van der Waals surface area contributed by atoms with Gasteiger partial charge in [-0.15, -0.1) is 0 Å². The number of halogens is 2. The predicted molar refractivity (Wildman–Crippen MR) is 86.7 cm³/mol. The lowest BCUT2D eigenvalue weighted by Crippen LogP contribution is -2.27. The number of ether oxygens (including phenoxy) is 1. The summed E-state index contributed by atoms with van der Waals surface area (Å²) in [6.45, 7) is 3.00. The summed E-state index contributed by atoms with van der Waals surface area (Å²) in [6, 6.07) is 4.94. The van der Waals surface area contributed by atoms with E-state index in [1.807, 2.05) is 6.92 Å². The molecule has 7 heteroatoms. The fourth-order valence-corrected chi connectivity index (χ4v) is 2.44. The minimum atomic E-state index is -0.207. The zero-order chi connectivity index (χ0) is 16.3. The molecule has 0 N–H and O–H groups in total. The largest absolute Gasteiger partial charge is 0.496 e. The van der Waals surface area contributed by atoms with E-state index in [2.05, 4.69) is 5.10 Å². The number of nitrogens with zero attached hydrogens (tertiary/aromatic N) is 3. The Morgan fingerprint density at radius 3 is 2.73 bits per heavy atom. The molecule has 2 rings (SSSR count). The first-order valence-electron chi connectivity index (χ1n) is 6.77. The molecule has 0 saturated heterocycles. The Kier molecular flexibility index (Phi) is 5.32. The first-order valence-corrected chi connectivity index (χ1v) is 7.52. The van der Waals surface area contributed by atoms with Crippen LogP contribution in [0.25, 0.3) is 0 Å². The number of hydrogen-bond acceptors (Lipinski definition) is 3. The van der Waals surface area contributed by atoms with Crippen molar-refractivity contribution in [1.29, 1.82) is 0 Å². The summed E-state index contributed by atoms with van der Waals surface area (Å²) in [7, 11) is 3.20. The molecule has 0 saturated carbocycles. The van der Waals surface area contributed by atoms with E-state index >= 15 is 0 Å². The van der Waals surface area contributed by atoms with Gasteiger partial charge in [-0.25, -0.2) is 0 Å². The number of carbonyl (C=O) groups is 1. The van der Waals surface area contributed by atoms with Crippen molar-refractivity contribution in [3.05, 3.63) is 45.7 Å². The van der Waals surface area contributed by atoms with Gasteiger partial charge in [0, 0.05) is 24.8 Å². The fourth-order valence-electron chi connectivity index (χ4n) is 2.06. The lowest BCUT2D eigenvalue weighted by atomic mass is 10.1. The first kappa shape index (κ1) is 16.6. The molecule has 0 aliphatic rings. The van der Waals surface area contributed by atoms with Crippen LogP contribution in [-0.4, -0.2) is 34.7 Å². The lowest BCUT2D eigenvalue weighted by molar-refractivity contribution is 0.0780. The monoisotopic (exact) mass is 341 g/mol. The summed E-state index contributed by atoms with van der Waals surface area (Å²) in [5.41, 5.74) is 1.06. The maximum atomic E-state index is 12.6. The minimum Gasteiger partial charge on any atom is -0.496 e. The zero-order valence-corrected chi connectivity index (χ0v) is 14.1. The number of benzene rings is 1. The van der Waals surface area contributed by atoms with Gasteiger partial charge in [-0.2, -0.15) is 5.10 Å². The highest BCUT2D eigenvalue weighted by atomic mass is 35.5. The van der Waals surface area contributed by atoms with Gasteiger partial charge in [0.25, 0.3) is 5.91 Å². The maximum absolute atomic E-state index is 12.6. The molecule has 0 aliphatic carbocycles. The van der Waals surface area contributed by atoms with E-state index in [1.54, 1.807) is 36.1 Å². The van der Waals surface area contributed by atoms with Crippen LogP contribution in [0.2, 0.25) is 10.0 Å². The van der Waals surface area contributed by atoms with Crippen LogP contribution >= 0.6 is 23.2 Å². The average Bonchev–Trinajstić information content (AvgIpc) is 2.86. The summed E-state index contributed by atoms with van der Waals surface area (Å²) in [5, 5.41) is 5.36. The third-order valence-corrected chi connectivity index (χ3v) is 3.79. The van der Waals surface area contributed by atoms with E-state index in [4.69, 9.17) is 27.9 Å². The van der Waals surface area contributed by atoms with Gasteiger partial charge in [-0.1, -0.05) is 23.2 Å². The molecule has 0 aliphatic heterocycles. The molecule has 22 heavy (non-hydrogen) atoms. The number of aromatic nitrogens is 2. The summed E-state index contributed by atoms with van der Waals surface area (Å²) in [5.74, 6) is 0.271. The highest BCUT2D eigenvalue weighted by Gasteiger charge is 2.19. The second-order valence-electron chi connectivity index (χ2n) is 4.79. The smallest absolute Gasteiger partial charge is 0.257 e. The molecule has 0 radical (unpaired) electrons. The third-order valence-electron chi connectivity index (χ3n) is 3.24. The van der Waals surface area contributed by atoms with Crippen LogP contribution in [0.5, 0.6) is 5.75 Å². The van der Waals surface area contributed by atoms with Gasteiger partial charge in [-0.05, 0) is 25.1 Å². The second-order valence-corrected chi connectivity index (χ2v) is 5.63. The maximum Gasteiger partial charge on any atom is 0.257 e. The topological polar surface area (TPSA) is 47.4 Å². The zero-order valence-electron chi connectivity index (χ0n) is 12.6. The minimum absolute atomic E-state index is 0.207. The fraction of sp³-hybridized carbons (Fsp3) is 0.333. The van der Waals surface area contributed by atoms with Gasteiger partial charge >= 0.3 is 0 Å². The highest BCUT2D eigenvalue weighted by Crippen LogP contribution is 2.25. The Balaban J connectivity index is 2.22. The van der Waals surface area contributed by atoms with Gasteiger partial charge < -0.3 is 9.64 Å². The van der Waals surface area contributed by atoms with Crippen LogP contribution in [0.15, 0.2) is 24.4 Å². The molecule has 0 spiro atoms. The van der Waals surface area contributed by atoms with Gasteiger partial charge in [-0.3, -0.25) is 9.48 Å². The number of aryl methyl sites for hydroxylation is 1. The van der Waals surface area contributed by atoms with Gasteiger partial charge in [0.2, 0.25) is 0 Å². The number of carbonyl (C=O) groups excluding carboxylic acids is 1. The first-order chi connectivity index (χ1) is 10.5. The van der Waals surface area contributed by atoms with E-state index in [0.717, 1.165) is 6.54 Å². The number of hydrogen-bond donors (Lipinski definition) is 0. The molecule has 0 unspecified atom stereocenters. The SMILES string of the molecule is CCn1cc(Cl)c(CN(C)C(=O)c2cc(Cl)ccc2OC)n1. The molecule has 1 heterocycles. The summed E-state index contributed by atoms with van der Waals surface area (Å²) < 4.78 is 6.95. The quantitative estimate of drug-likeness (QED) is 0.836. The van der Waals surface area contributed by atoms with E-state index in [-0.39, 0.29) is 5.91 Å². The van der Waals surface area contributed by atoms with Crippen molar-refractivity contribution in [2.75, 3.05) is 14.2 Å². The van der Waals surface area contributed by atoms with Crippen LogP contribution in [0.3, 0.4) is 0 Å². The number of rotatable bonds is 5. The summed E-state index contributed by atoms with van der Waals surface area (Å²) in [4.78, 5) is 14.1. The molecular weight excluding hydrogens is 325 g/mol. The Bertz CT molecular complexity index is 685. The molecule has 1 aromatic carbocycles. The Morgan fingerprint density at radius 1 is 1.41 bits per heavy atom.